The van der Waals surface area contributed by atoms with Crippen molar-refractivity contribution in [3.8, 4) is 11.3 Å². The molecule has 0 spiro atoms. The van der Waals surface area contributed by atoms with Gasteiger partial charge in [0.1, 0.15) is 12.0 Å². The van der Waals surface area contributed by atoms with Crippen molar-refractivity contribution < 1.29 is 19.2 Å². The zero-order valence-electron chi connectivity index (χ0n) is 39.6. The Kier molecular flexibility index (Phi) is 39.9. The smallest absolute Gasteiger partial charge is 0.274 e. The predicted octanol–water partition coefficient (Wildman–Crippen LogP) is 2.32. The summed E-state index contributed by atoms with van der Waals surface area (Å²) in [6, 6.07) is 9.96. The second kappa shape index (κ2) is 41.1. The molecule has 0 fully saturated rings. The summed E-state index contributed by atoms with van der Waals surface area (Å²) in [5.41, 5.74) is 57.1. The van der Waals surface area contributed by atoms with E-state index in [1.807, 2.05) is 18.2 Å². The van der Waals surface area contributed by atoms with Crippen molar-refractivity contribution in [1.82, 2.24) is 9.97 Å². The number of hydrogen-bond acceptors (Lipinski definition) is 15. The summed E-state index contributed by atoms with van der Waals surface area (Å²) >= 11 is 3.09. The molecule has 24 N–H and O–H groups in total. The van der Waals surface area contributed by atoms with Crippen LogP contribution in [0, 0.1) is 10.8 Å². The number of amides is 4. The normalized spacial score (nSPS) is 9.64. The van der Waals surface area contributed by atoms with Gasteiger partial charge in [-0.3, -0.25) is 34.6 Å². The largest absolute Gasteiger partial charge is 0.390 e. The number of unbranched alkanes of at least 4 members (excludes halogenated alkanes) is 2. The topological polar surface area (TPSA) is 451 Å². The highest BCUT2D eigenvalue weighted by molar-refractivity contribution is 7.99. The molecule has 0 unspecified atom stereocenters. The molecule has 2 aromatic carbocycles. The Hall–Kier alpha value is -6.34. The fourth-order valence-corrected chi connectivity index (χ4v) is 7.45. The molecule has 24 heteroatoms. The number of thioether (sulfide) groups is 2. The number of guanidine groups is 2. The van der Waals surface area contributed by atoms with Gasteiger partial charge in [-0.25, -0.2) is 9.97 Å². The molecule has 1 aromatic heterocycles. The van der Waals surface area contributed by atoms with Crippen molar-refractivity contribution in [3.05, 3.63) is 59.0 Å². The average molecular weight is 973 g/mol. The zero-order chi connectivity index (χ0) is 51.7. The molecule has 0 atom stereocenters. The number of nitrogens with one attached hydrogen (secondary N) is 4. The molecular formula is C43H76N18O4S2. The number of aryl methyl sites for hydroxylation is 1. The van der Waals surface area contributed by atoms with Crippen molar-refractivity contribution in [1.29, 1.82) is 10.8 Å². The van der Waals surface area contributed by atoms with E-state index in [-0.39, 0.29) is 54.1 Å². The first-order valence-electron chi connectivity index (χ1n) is 21.1. The van der Waals surface area contributed by atoms with Crippen LogP contribution in [0.2, 0.25) is 0 Å². The van der Waals surface area contributed by atoms with Crippen LogP contribution in [-0.4, -0.2) is 104 Å². The lowest BCUT2D eigenvalue weighted by Crippen LogP contribution is -2.23. The second-order valence-electron chi connectivity index (χ2n) is 13.8. The van der Waals surface area contributed by atoms with Crippen LogP contribution in [0.5, 0.6) is 0 Å². The molecule has 0 saturated carbocycles. The van der Waals surface area contributed by atoms with Gasteiger partial charge in [-0.05, 0) is 112 Å². The summed E-state index contributed by atoms with van der Waals surface area (Å²) in [6.07, 6.45) is 7.04. The van der Waals surface area contributed by atoms with E-state index in [0.717, 1.165) is 64.1 Å². The van der Waals surface area contributed by atoms with Gasteiger partial charge in [-0.15, -0.1) is 23.5 Å². The van der Waals surface area contributed by atoms with Crippen LogP contribution in [0.4, 0.5) is 11.4 Å². The number of aliphatic imine (C=N–C) groups is 2. The summed E-state index contributed by atoms with van der Waals surface area (Å²) in [4.78, 5) is 63.4. The summed E-state index contributed by atoms with van der Waals surface area (Å²) in [5.74, 6) is 1.06. The maximum atomic E-state index is 14.1. The molecular weight excluding hydrogens is 897 g/mol. The number of primary amides is 2. The van der Waals surface area contributed by atoms with E-state index in [1.165, 1.54) is 25.1 Å². The van der Waals surface area contributed by atoms with E-state index >= 15 is 0 Å². The number of aromatic nitrogens is 2. The third-order valence-electron chi connectivity index (χ3n) is 8.35. The van der Waals surface area contributed by atoms with Gasteiger partial charge in [0.15, 0.2) is 11.9 Å². The minimum Gasteiger partial charge on any atom is -0.390 e. The maximum Gasteiger partial charge on any atom is 0.274 e. The van der Waals surface area contributed by atoms with E-state index in [1.54, 1.807) is 17.8 Å². The van der Waals surface area contributed by atoms with E-state index < -0.39 is 0 Å². The number of carbonyl (C=O) groups is 4. The molecule has 4 amide bonds. The Balaban J connectivity index is -0.00000284. The molecule has 0 saturated heterocycles. The van der Waals surface area contributed by atoms with E-state index in [0.29, 0.717) is 67.6 Å². The minimum absolute atomic E-state index is 0.00259. The van der Waals surface area contributed by atoms with Crippen LogP contribution >= 0.6 is 23.5 Å². The lowest BCUT2D eigenvalue weighted by atomic mass is 9.97. The van der Waals surface area contributed by atoms with Gasteiger partial charge < -0.3 is 73.4 Å². The van der Waals surface area contributed by atoms with Crippen molar-refractivity contribution in [3.63, 3.8) is 0 Å². The molecule has 0 radical (unpaired) electrons. The zero-order valence-corrected chi connectivity index (χ0v) is 41.2. The van der Waals surface area contributed by atoms with E-state index in [9.17, 15) is 9.59 Å². The number of benzene rings is 2. The van der Waals surface area contributed by atoms with Crippen molar-refractivity contribution in [2.75, 3.05) is 55.4 Å². The number of hydrogen-bond donors (Lipinski definition) is 14. The molecule has 374 valence electrons. The lowest BCUT2D eigenvalue weighted by Gasteiger charge is -2.20. The fraction of sp³-hybridized carbons (Fsp3) is 0.442. The van der Waals surface area contributed by atoms with Gasteiger partial charge in [0, 0.05) is 33.3 Å². The standard InChI is InChI=1S/C38H58N12O2S2.CH4N2.2CH3NO.CH5N.CH3N/c1-23(2)26-17-25(9-5-7-11-39)34(53-15-13-45-37(41)42)30(19-26)50-36(52)32-21-29(47-22-48-32)28-18-27(24(3)4)20-31(49-33(51)10-6-8-12-40)35(28)54-16-14-46-38(43)44;3*2-1-3;2*1-2/h17-24H,5-16,39-40H2,1-4H3,(H,49,51)(H,50,52)(H4,41,42,45)(H4,43,44,46);1H,(H3,2,3);2*1H,(H2,2,3);2H2,1H3;2H,1H2. The van der Waals surface area contributed by atoms with Crippen molar-refractivity contribution >= 4 is 84.5 Å². The summed E-state index contributed by atoms with van der Waals surface area (Å²) in [7, 11) is 1.50. The molecule has 3 aromatic rings. The molecule has 1 heterocycles. The Morgan fingerprint density at radius 3 is 1.67 bits per heavy atom. The highest BCUT2D eigenvalue weighted by Crippen LogP contribution is 2.40. The average Bonchev–Trinajstić information content (AvgIpc) is 3.29. The number of nitrogens with two attached hydrogens (primary N) is 10. The Bertz CT molecular complexity index is 1930. The van der Waals surface area contributed by atoms with E-state index in [4.69, 9.17) is 54.8 Å². The molecule has 0 bridgehead atoms. The Labute approximate surface area is 403 Å². The van der Waals surface area contributed by atoms with Crippen LogP contribution in [-0.2, 0) is 20.8 Å². The van der Waals surface area contributed by atoms with Crippen molar-refractivity contribution in [2.24, 2.45) is 67.3 Å². The van der Waals surface area contributed by atoms with Gasteiger partial charge in [0.2, 0.25) is 18.7 Å². The van der Waals surface area contributed by atoms with Gasteiger partial charge in [0.05, 0.1) is 36.5 Å². The van der Waals surface area contributed by atoms with Gasteiger partial charge in [-0.1, -0.05) is 33.8 Å². The number of rotatable bonds is 22. The summed E-state index contributed by atoms with van der Waals surface area (Å²) in [6.45, 7) is 12.9. The minimum atomic E-state index is -0.381. The summed E-state index contributed by atoms with van der Waals surface area (Å²) < 4.78 is 0. The van der Waals surface area contributed by atoms with E-state index in [2.05, 4.69) is 94.0 Å². The van der Waals surface area contributed by atoms with Gasteiger partial charge in [-0.2, -0.15) is 0 Å². The van der Waals surface area contributed by atoms with Crippen LogP contribution in [0.15, 0.2) is 56.4 Å². The SMILES string of the molecule is C=N.CC(C)c1cc(CCCCN)c(SCCN=C(N)N)c(NC(=O)c2cc(-c3cc(C(C)C)cc(NC(=O)CCCCN)c3SCCN=C(N)N)ncn2)c1.CN.N=CN.NC=O.NC=O. The van der Waals surface area contributed by atoms with Crippen LogP contribution in [0.25, 0.3) is 11.3 Å². The number of nitrogens with zero attached hydrogens (tertiary/aromatic N) is 4. The number of carbonyl (C=O) groups excluding carboxylic acids is 4. The first-order chi connectivity index (χ1) is 32.1. The second-order valence-corrected chi connectivity index (χ2v) is 16.1. The third kappa shape index (κ3) is 28.3. The van der Waals surface area contributed by atoms with Crippen LogP contribution in [0.3, 0.4) is 0 Å². The molecule has 22 nitrogen and oxygen atoms in total. The first kappa shape index (κ1) is 64.9. The van der Waals surface area contributed by atoms with Crippen molar-refractivity contribution in [2.45, 2.75) is 87.8 Å². The molecule has 0 aliphatic rings. The summed E-state index contributed by atoms with van der Waals surface area (Å²) in [5, 5.41) is 17.7. The number of anilines is 2. The maximum absolute atomic E-state index is 14.1. The Morgan fingerprint density at radius 1 is 0.731 bits per heavy atom. The fourth-order valence-electron chi connectivity index (χ4n) is 5.48. The highest BCUT2D eigenvalue weighted by Gasteiger charge is 2.21. The lowest BCUT2D eigenvalue weighted by molar-refractivity contribution is -0.116. The highest BCUT2D eigenvalue weighted by atomic mass is 32.2. The molecule has 3 rings (SSSR count). The quantitative estimate of drug-likeness (QED) is 0.0226. The molecule has 0 aliphatic carbocycles. The van der Waals surface area contributed by atoms with Gasteiger partial charge >= 0.3 is 0 Å². The van der Waals surface area contributed by atoms with Gasteiger partial charge in [0.25, 0.3) is 5.91 Å². The molecule has 0 aliphatic heterocycles. The Morgan fingerprint density at radius 2 is 1.19 bits per heavy atom. The monoisotopic (exact) mass is 973 g/mol. The third-order valence-corrected chi connectivity index (χ3v) is 10.6. The predicted molar refractivity (Wildman–Crippen MR) is 280 cm³/mol. The van der Waals surface area contributed by atoms with Crippen LogP contribution < -0.4 is 68.0 Å². The first-order valence-corrected chi connectivity index (χ1v) is 23.1. The van der Waals surface area contributed by atoms with Crippen LogP contribution in [0.1, 0.15) is 98.8 Å². The molecule has 67 heavy (non-hydrogen) atoms.